The van der Waals surface area contributed by atoms with Gasteiger partial charge in [0.1, 0.15) is 11.2 Å². The molecule has 2 atom stereocenters. The number of urea groups is 1. The van der Waals surface area contributed by atoms with Crippen molar-refractivity contribution in [2.75, 3.05) is 33.2 Å². The minimum Gasteiger partial charge on any atom is -0.469 e. The van der Waals surface area contributed by atoms with E-state index in [0.29, 0.717) is 55.6 Å². The highest BCUT2D eigenvalue weighted by molar-refractivity contribution is 6.03. The van der Waals surface area contributed by atoms with Crippen molar-refractivity contribution in [2.24, 2.45) is 5.41 Å². The lowest BCUT2D eigenvalue weighted by Crippen LogP contribution is -2.73. The predicted molar refractivity (Wildman–Crippen MR) is 152 cm³/mol. The van der Waals surface area contributed by atoms with Gasteiger partial charge in [0.05, 0.1) is 11.6 Å². The highest BCUT2D eigenvalue weighted by atomic mass is 19.4. The van der Waals surface area contributed by atoms with E-state index in [4.69, 9.17) is 4.74 Å². The summed E-state index contributed by atoms with van der Waals surface area (Å²) in [4.78, 5) is 44.8. The third-order valence-electron chi connectivity index (χ3n) is 8.49. The number of nitrogens with zero attached hydrogens (tertiary/aromatic N) is 3. The topological polar surface area (TPSA) is 82.2 Å². The molecule has 2 aromatic rings. The van der Waals surface area contributed by atoms with Crippen molar-refractivity contribution in [3.05, 3.63) is 65.2 Å². The van der Waals surface area contributed by atoms with Crippen LogP contribution in [-0.4, -0.2) is 72.0 Å². The summed E-state index contributed by atoms with van der Waals surface area (Å²) >= 11 is 0. The first-order chi connectivity index (χ1) is 19.9. The largest absolute Gasteiger partial charge is 0.469 e. The lowest BCUT2D eigenvalue weighted by Gasteiger charge is -2.53. The molecule has 228 valence electrons. The standard InChI is InChI=1S/C31H39F3N4O4/c1-5-8-25(21-9-13-23(14-10-21)31(32,33)34)35-29(41)38-27(40)30(6-2,7-3)28(38)42-24-15-11-22(12-16-24)26(39)37-19-17-36(4)18-20-37/h9-16,25,28H,5-8,17-20H2,1-4H3,(H,35,41)/t25-,28+/m1/s1. The van der Waals surface area contributed by atoms with Crippen molar-refractivity contribution in [3.63, 3.8) is 0 Å². The number of piperazine rings is 1. The van der Waals surface area contributed by atoms with Crippen LogP contribution in [0.25, 0.3) is 0 Å². The number of likely N-dealkylation sites (N-methyl/N-ethyl adjacent to an activating group) is 1. The van der Waals surface area contributed by atoms with E-state index < -0.39 is 35.5 Å². The third-order valence-corrected chi connectivity index (χ3v) is 8.49. The quantitative estimate of drug-likeness (QED) is 0.381. The van der Waals surface area contributed by atoms with Crippen LogP contribution < -0.4 is 10.1 Å². The molecule has 0 spiro atoms. The molecule has 42 heavy (non-hydrogen) atoms. The molecular formula is C31H39F3N4O4. The zero-order valence-electron chi connectivity index (χ0n) is 24.5. The highest BCUT2D eigenvalue weighted by Gasteiger charge is 2.63. The maximum absolute atomic E-state index is 13.5. The van der Waals surface area contributed by atoms with E-state index in [0.717, 1.165) is 30.1 Å². The molecule has 4 rings (SSSR count). The number of ether oxygens (including phenoxy) is 1. The van der Waals surface area contributed by atoms with E-state index in [1.807, 2.05) is 32.7 Å². The summed E-state index contributed by atoms with van der Waals surface area (Å²) in [5, 5.41) is 2.84. The Morgan fingerprint density at radius 3 is 2.10 bits per heavy atom. The summed E-state index contributed by atoms with van der Waals surface area (Å²) < 4.78 is 45.4. The molecule has 2 heterocycles. The van der Waals surface area contributed by atoms with Gasteiger partial charge >= 0.3 is 12.2 Å². The summed E-state index contributed by atoms with van der Waals surface area (Å²) in [6.07, 6.45) is -3.31. The van der Waals surface area contributed by atoms with Gasteiger partial charge in [0.25, 0.3) is 5.91 Å². The fraction of sp³-hybridized carbons (Fsp3) is 0.516. The van der Waals surface area contributed by atoms with Crippen LogP contribution in [0.2, 0.25) is 0 Å². The Bertz CT molecular complexity index is 1250. The van der Waals surface area contributed by atoms with Gasteiger partial charge in [-0.05, 0) is 68.3 Å². The van der Waals surface area contributed by atoms with Crippen LogP contribution in [0.15, 0.2) is 48.5 Å². The molecule has 2 aliphatic heterocycles. The number of alkyl halides is 3. The maximum Gasteiger partial charge on any atom is 0.416 e. The van der Waals surface area contributed by atoms with Gasteiger partial charge in [0.15, 0.2) is 6.23 Å². The third kappa shape index (κ3) is 6.25. The first kappa shape index (κ1) is 31.3. The second kappa shape index (κ2) is 12.7. The molecule has 11 heteroatoms. The molecule has 2 aliphatic rings. The van der Waals surface area contributed by atoms with Crippen LogP contribution >= 0.6 is 0 Å². The number of hydrogen-bond acceptors (Lipinski definition) is 5. The number of imide groups is 1. The van der Waals surface area contributed by atoms with Crippen LogP contribution in [0.3, 0.4) is 0 Å². The SMILES string of the molecule is CCC[C@@H](NC(=O)N1C(=O)C(CC)(CC)[C@@H]1Oc1ccc(C(=O)N2CCN(C)CC2)cc1)c1ccc(C(F)(F)F)cc1. The fourth-order valence-corrected chi connectivity index (χ4v) is 5.63. The zero-order valence-corrected chi connectivity index (χ0v) is 24.5. The van der Waals surface area contributed by atoms with Crippen LogP contribution in [-0.2, 0) is 11.0 Å². The van der Waals surface area contributed by atoms with Gasteiger partial charge < -0.3 is 19.9 Å². The number of carbonyl (C=O) groups excluding carboxylic acids is 3. The number of β-lactam (4-membered cyclic amide) rings is 1. The number of amides is 4. The Kier molecular flexibility index (Phi) is 9.50. The Morgan fingerprint density at radius 1 is 0.976 bits per heavy atom. The van der Waals surface area contributed by atoms with Crippen LogP contribution in [0.4, 0.5) is 18.0 Å². The number of nitrogens with one attached hydrogen (secondary N) is 1. The highest BCUT2D eigenvalue weighted by Crippen LogP contribution is 2.46. The van der Waals surface area contributed by atoms with Crippen molar-refractivity contribution < 1.29 is 32.3 Å². The Morgan fingerprint density at radius 2 is 1.57 bits per heavy atom. The van der Waals surface area contributed by atoms with Crippen molar-refractivity contribution in [1.82, 2.24) is 20.0 Å². The second-order valence-corrected chi connectivity index (χ2v) is 11.0. The van der Waals surface area contributed by atoms with E-state index in [1.165, 1.54) is 12.1 Å². The lowest BCUT2D eigenvalue weighted by atomic mass is 9.72. The maximum atomic E-state index is 13.5. The Labute approximate surface area is 244 Å². The molecule has 1 N–H and O–H groups in total. The van der Waals surface area contributed by atoms with Gasteiger partial charge in [-0.3, -0.25) is 9.59 Å². The van der Waals surface area contributed by atoms with Crippen molar-refractivity contribution in [3.8, 4) is 5.75 Å². The molecule has 0 unspecified atom stereocenters. The van der Waals surface area contributed by atoms with Crippen LogP contribution in [0.5, 0.6) is 5.75 Å². The number of carbonyl (C=O) groups is 3. The average molecular weight is 589 g/mol. The molecule has 2 aromatic carbocycles. The average Bonchev–Trinajstić information content (AvgIpc) is 2.97. The van der Waals surface area contributed by atoms with Gasteiger partial charge in [-0.1, -0.05) is 39.3 Å². The summed E-state index contributed by atoms with van der Waals surface area (Å²) in [6, 6.07) is 10.1. The summed E-state index contributed by atoms with van der Waals surface area (Å²) in [7, 11) is 2.02. The number of rotatable bonds is 9. The molecule has 2 saturated heterocycles. The molecule has 2 fully saturated rings. The van der Waals surface area contributed by atoms with Gasteiger partial charge in [0, 0.05) is 31.7 Å². The van der Waals surface area contributed by atoms with E-state index in [-0.39, 0.29) is 11.8 Å². The van der Waals surface area contributed by atoms with E-state index in [2.05, 4.69) is 10.2 Å². The molecule has 0 radical (unpaired) electrons. The number of hydrogen-bond donors (Lipinski definition) is 1. The number of likely N-dealkylation sites (tertiary alicyclic amines) is 1. The van der Waals surface area contributed by atoms with Crippen molar-refractivity contribution in [1.29, 1.82) is 0 Å². The summed E-state index contributed by atoms with van der Waals surface area (Å²) in [6.45, 7) is 8.58. The monoisotopic (exact) mass is 588 g/mol. The van der Waals surface area contributed by atoms with Crippen LogP contribution in [0.1, 0.15) is 74.0 Å². The van der Waals surface area contributed by atoms with Crippen molar-refractivity contribution in [2.45, 2.75) is 64.9 Å². The number of benzene rings is 2. The minimum absolute atomic E-state index is 0.0591. The molecule has 0 bridgehead atoms. The molecule has 0 saturated carbocycles. The second-order valence-electron chi connectivity index (χ2n) is 11.0. The lowest BCUT2D eigenvalue weighted by molar-refractivity contribution is -0.191. The Hall–Kier alpha value is -3.60. The van der Waals surface area contributed by atoms with Gasteiger partial charge in [0.2, 0.25) is 5.91 Å². The first-order valence-corrected chi connectivity index (χ1v) is 14.5. The predicted octanol–water partition coefficient (Wildman–Crippen LogP) is 5.70. The summed E-state index contributed by atoms with van der Waals surface area (Å²) in [5.74, 6) is -0.00458. The van der Waals surface area contributed by atoms with Gasteiger partial charge in [-0.25, -0.2) is 9.69 Å². The normalized spacial score (nSPS) is 19.7. The van der Waals surface area contributed by atoms with E-state index in [1.54, 1.807) is 24.3 Å². The molecular weight excluding hydrogens is 549 g/mol. The van der Waals surface area contributed by atoms with Gasteiger partial charge in [-0.15, -0.1) is 0 Å². The Balaban J connectivity index is 1.50. The van der Waals surface area contributed by atoms with Crippen LogP contribution in [0, 0.1) is 5.41 Å². The van der Waals surface area contributed by atoms with Gasteiger partial charge in [-0.2, -0.15) is 13.2 Å². The zero-order chi connectivity index (χ0) is 30.7. The summed E-state index contributed by atoms with van der Waals surface area (Å²) in [5.41, 5.74) is -0.629. The molecule has 8 nitrogen and oxygen atoms in total. The first-order valence-electron chi connectivity index (χ1n) is 14.5. The minimum atomic E-state index is -4.46. The number of halogens is 3. The fourth-order valence-electron chi connectivity index (χ4n) is 5.63. The van der Waals surface area contributed by atoms with Crippen molar-refractivity contribution >= 4 is 17.8 Å². The molecule has 4 amide bonds. The molecule has 0 aliphatic carbocycles. The van der Waals surface area contributed by atoms with E-state index >= 15 is 0 Å². The smallest absolute Gasteiger partial charge is 0.416 e. The van der Waals surface area contributed by atoms with E-state index in [9.17, 15) is 27.6 Å². The molecule has 0 aromatic heterocycles.